The first-order valence-corrected chi connectivity index (χ1v) is 9.65. The Labute approximate surface area is 165 Å². The summed E-state index contributed by atoms with van der Waals surface area (Å²) in [6, 6.07) is 8.13. The molecular weight excluding hydrogens is 356 g/mol. The van der Waals surface area contributed by atoms with Crippen LogP contribution in [0, 0.1) is 12.8 Å². The van der Waals surface area contributed by atoms with Gasteiger partial charge >= 0.3 is 5.97 Å². The number of aliphatic imine (C=N–C) groups is 1. The number of hydrogen-bond donors (Lipinski definition) is 1. The van der Waals surface area contributed by atoms with E-state index in [-0.39, 0.29) is 11.9 Å². The van der Waals surface area contributed by atoms with Crippen LogP contribution in [0.3, 0.4) is 0 Å². The van der Waals surface area contributed by atoms with E-state index in [2.05, 4.69) is 27.1 Å². The molecular formula is C21H28N4O3. The Morgan fingerprint density at radius 2 is 2.04 bits per heavy atom. The summed E-state index contributed by atoms with van der Waals surface area (Å²) in [5, 5.41) is 3.38. The number of esters is 1. The normalized spacial score (nSPS) is 15.5. The van der Waals surface area contributed by atoms with Crippen LogP contribution in [0.1, 0.15) is 24.1 Å². The summed E-state index contributed by atoms with van der Waals surface area (Å²) >= 11 is 0. The fourth-order valence-corrected chi connectivity index (χ4v) is 3.38. The number of carbonyl (C=O) groups excluding carboxylic acids is 1. The van der Waals surface area contributed by atoms with Crippen LogP contribution in [0.4, 0.5) is 0 Å². The average Bonchev–Trinajstić information content (AvgIpc) is 3.20. The molecule has 0 radical (unpaired) electrons. The third kappa shape index (κ3) is 4.91. The van der Waals surface area contributed by atoms with Crippen LogP contribution in [-0.2, 0) is 16.0 Å². The highest BCUT2D eigenvalue weighted by Gasteiger charge is 2.26. The molecule has 7 nitrogen and oxygen atoms in total. The van der Waals surface area contributed by atoms with Gasteiger partial charge in [0.1, 0.15) is 6.26 Å². The van der Waals surface area contributed by atoms with E-state index in [0.717, 1.165) is 49.6 Å². The number of carbonyl (C=O) groups is 1. The summed E-state index contributed by atoms with van der Waals surface area (Å²) in [6.45, 7) is 4.35. The van der Waals surface area contributed by atoms with E-state index in [1.54, 1.807) is 13.3 Å². The molecule has 2 heterocycles. The predicted octanol–water partition coefficient (Wildman–Crippen LogP) is 2.65. The highest BCUT2D eigenvalue weighted by Crippen LogP contribution is 2.20. The van der Waals surface area contributed by atoms with Crippen molar-refractivity contribution in [1.82, 2.24) is 15.2 Å². The number of likely N-dealkylation sites (tertiary alicyclic amines) is 1. The van der Waals surface area contributed by atoms with E-state index in [1.165, 1.54) is 12.7 Å². The lowest BCUT2D eigenvalue weighted by Gasteiger charge is -2.33. The standard InChI is InChI=1S/C21H28N4O3/c1-15-4-6-16(7-5-15)19-24-18(14-28-19)8-11-23-21(22-2)25-12-9-17(10-13-25)20(26)27-3/h4-7,14,17H,8-13H2,1-3H3,(H,22,23). The van der Waals surface area contributed by atoms with Crippen LogP contribution < -0.4 is 5.32 Å². The number of aryl methyl sites for hydroxylation is 1. The number of guanidine groups is 1. The maximum Gasteiger partial charge on any atom is 0.308 e. The third-order valence-corrected chi connectivity index (χ3v) is 5.06. The molecule has 0 aliphatic carbocycles. The minimum atomic E-state index is -0.113. The molecule has 0 unspecified atom stereocenters. The highest BCUT2D eigenvalue weighted by atomic mass is 16.5. The fourth-order valence-electron chi connectivity index (χ4n) is 3.38. The first-order valence-electron chi connectivity index (χ1n) is 9.65. The SMILES string of the molecule is CN=C(NCCc1coc(-c2ccc(C)cc2)n1)N1CCC(C(=O)OC)CC1. The molecule has 1 saturated heterocycles. The highest BCUT2D eigenvalue weighted by molar-refractivity contribution is 5.80. The summed E-state index contributed by atoms with van der Waals surface area (Å²) in [5.74, 6) is 1.38. The zero-order valence-corrected chi connectivity index (χ0v) is 16.8. The number of aromatic nitrogens is 1. The Hall–Kier alpha value is -2.83. The Kier molecular flexibility index (Phi) is 6.68. The van der Waals surface area contributed by atoms with Crippen molar-refractivity contribution in [3.63, 3.8) is 0 Å². The summed E-state index contributed by atoms with van der Waals surface area (Å²) in [5.41, 5.74) is 3.10. The van der Waals surface area contributed by atoms with Crippen molar-refractivity contribution in [2.24, 2.45) is 10.9 Å². The number of oxazole rings is 1. The maximum absolute atomic E-state index is 11.7. The van der Waals surface area contributed by atoms with Crippen molar-refractivity contribution in [2.75, 3.05) is 33.8 Å². The van der Waals surface area contributed by atoms with Gasteiger partial charge in [-0.05, 0) is 31.9 Å². The van der Waals surface area contributed by atoms with Crippen LogP contribution in [0.2, 0.25) is 0 Å². The van der Waals surface area contributed by atoms with Gasteiger partial charge < -0.3 is 19.4 Å². The van der Waals surface area contributed by atoms with Crippen molar-refractivity contribution in [3.05, 3.63) is 41.8 Å². The number of benzene rings is 1. The fraction of sp³-hybridized carbons (Fsp3) is 0.476. The lowest BCUT2D eigenvalue weighted by atomic mass is 9.97. The molecule has 0 saturated carbocycles. The topological polar surface area (TPSA) is 80.0 Å². The number of methoxy groups -OCH3 is 1. The van der Waals surface area contributed by atoms with Crippen LogP contribution in [0.25, 0.3) is 11.5 Å². The number of piperidine rings is 1. The maximum atomic E-state index is 11.7. The van der Waals surface area contributed by atoms with E-state index in [4.69, 9.17) is 9.15 Å². The van der Waals surface area contributed by atoms with Crippen LogP contribution >= 0.6 is 0 Å². The first kappa shape index (κ1) is 19.9. The summed E-state index contributed by atoms with van der Waals surface area (Å²) in [4.78, 5) is 22.8. The van der Waals surface area contributed by atoms with Gasteiger partial charge in [0.25, 0.3) is 0 Å². The molecule has 7 heteroatoms. The smallest absolute Gasteiger partial charge is 0.308 e. The number of nitrogens with one attached hydrogen (secondary N) is 1. The molecule has 1 aliphatic rings. The Bertz CT molecular complexity index is 805. The van der Waals surface area contributed by atoms with E-state index in [9.17, 15) is 4.79 Å². The lowest BCUT2D eigenvalue weighted by molar-refractivity contribution is -0.146. The predicted molar refractivity (Wildman–Crippen MR) is 108 cm³/mol. The molecule has 2 aromatic rings. The summed E-state index contributed by atoms with van der Waals surface area (Å²) < 4.78 is 10.5. The van der Waals surface area contributed by atoms with E-state index in [0.29, 0.717) is 12.4 Å². The average molecular weight is 384 g/mol. The van der Waals surface area contributed by atoms with Crippen molar-refractivity contribution in [3.8, 4) is 11.5 Å². The van der Waals surface area contributed by atoms with Gasteiger partial charge in [-0.25, -0.2) is 4.98 Å². The minimum Gasteiger partial charge on any atom is -0.469 e. The third-order valence-electron chi connectivity index (χ3n) is 5.06. The molecule has 1 aromatic heterocycles. The second kappa shape index (κ2) is 9.39. The Morgan fingerprint density at radius 3 is 2.68 bits per heavy atom. The molecule has 0 spiro atoms. The largest absolute Gasteiger partial charge is 0.469 e. The van der Waals surface area contributed by atoms with Crippen LogP contribution in [0.5, 0.6) is 0 Å². The molecule has 0 atom stereocenters. The number of nitrogens with zero attached hydrogens (tertiary/aromatic N) is 3. The zero-order chi connectivity index (χ0) is 19.9. The minimum absolute atomic E-state index is 0.00492. The zero-order valence-electron chi connectivity index (χ0n) is 16.8. The quantitative estimate of drug-likeness (QED) is 0.485. The molecule has 0 bridgehead atoms. The molecule has 1 N–H and O–H groups in total. The monoisotopic (exact) mass is 384 g/mol. The van der Waals surface area contributed by atoms with Gasteiger partial charge in [-0.2, -0.15) is 0 Å². The van der Waals surface area contributed by atoms with E-state index >= 15 is 0 Å². The molecule has 3 rings (SSSR count). The Balaban J connectivity index is 1.48. The van der Waals surface area contributed by atoms with Crippen LogP contribution in [-0.4, -0.2) is 55.6 Å². The second-order valence-electron chi connectivity index (χ2n) is 7.02. The van der Waals surface area contributed by atoms with Crippen LogP contribution in [0.15, 0.2) is 39.9 Å². The van der Waals surface area contributed by atoms with Gasteiger partial charge in [-0.3, -0.25) is 9.79 Å². The van der Waals surface area contributed by atoms with Crippen molar-refractivity contribution in [1.29, 1.82) is 0 Å². The molecule has 1 aliphatic heterocycles. The van der Waals surface area contributed by atoms with Crippen molar-refractivity contribution < 1.29 is 13.9 Å². The molecule has 28 heavy (non-hydrogen) atoms. The van der Waals surface area contributed by atoms with E-state index < -0.39 is 0 Å². The molecule has 0 amide bonds. The number of hydrogen-bond acceptors (Lipinski definition) is 5. The molecule has 1 fully saturated rings. The number of ether oxygens (including phenoxy) is 1. The van der Waals surface area contributed by atoms with Crippen molar-refractivity contribution in [2.45, 2.75) is 26.2 Å². The van der Waals surface area contributed by atoms with Gasteiger partial charge in [0.05, 0.1) is 18.7 Å². The molecule has 150 valence electrons. The Morgan fingerprint density at radius 1 is 1.32 bits per heavy atom. The summed E-state index contributed by atoms with van der Waals surface area (Å²) in [7, 11) is 3.23. The molecule has 1 aromatic carbocycles. The number of rotatable bonds is 5. The van der Waals surface area contributed by atoms with Gasteiger partial charge in [-0.1, -0.05) is 17.7 Å². The van der Waals surface area contributed by atoms with Gasteiger partial charge in [0, 0.05) is 38.7 Å². The van der Waals surface area contributed by atoms with Crippen molar-refractivity contribution >= 4 is 11.9 Å². The van der Waals surface area contributed by atoms with E-state index in [1.807, 2.05) is 24.3 Å². The van der Waals surface area contributed by atoms with Gasteiger partial charge in [-0.15, -0.1) is 0 Å². The second-order valence-corrected chi connectivity index (χ2v) is 7.02. The van der Waals surface area contributed by atoms with Gasteiger partial charge in [0.15, 0.2) is 5.96 Å². The summed E-state index contributed by atoms with van der Waals surface area (Å²) in [6.07, 6.45) is 4.03. The van der Waals surface area contributed by atoms with Gasteiger partial charge in [0.2, 0.25) is 5.89 Å². The lowest BCUT2D eigenvalue weighted by Crippen LogP contribution is -2.47. The first-order chi connectivity index (χ1) is 13.6.